The molecule has 2 rings (SSSR count). The Balaban J connectivity index is 2.26. The van der Waals surface area contributed by atoms with Crippen LogP contribution in [-0.4, -0.2) is 22.8 Å². The van der Waals surface area contributed by atoms with E-state index < -0.39 is 0 Å². The van der Waals surface area contributed by atoms with Gasteiger partial charge in [-0.2, -0.15) is 0 Å². The Morgan fingerprint density at radius 3 is 2.59 bits per heavy atom. The third kappa shape index (κ3) is 2.97. The first kappa shape index (κ1) is 11.9. The normalized spacial score (nSPS) is 10.2. The molecule has 0 saturated carbocycles. The lowest BCUT2D eigenvalue weighted by atomic mass is 10.1. The van der Waals surface area contributed by atoms with Crippen molar-refractivity contribution >= 4 is 17.6 Å². The summed E-state index contributed by atoms with van der Waals surface area (Å²) in [5, 5.41) is 3.01. The van der Waals surface area contributed by atoms with Crippen molar-refractivity contribution in [3.8, 4) is 11.3 Å². The van der Waals surface area contributed by atoms with Gasteiger partial charge in [0.1, 0.15) is 12.1 Å². The van der Waals surface area contributed by atoms with Crippen molar-refractivity contribution in [2.24, 2.45) is 0 Å². The number of nitrogens with one attached hydrogen (secondary N) is 1. The topological polar surface area (TPSA) is 37.8 Å². The first-order chi connectivity index (χ1) is 8.33. The summed E-state index contributed by atoms with van der Waals surface area (Å²) < 4.78 is 0. The van der Waals surface area contributed by atoms with Crippen molar-refractivity contribution in [1.29, 1.82) is 0 Å². The van der Waals surface area contributed by atoms with Crippen LogP contribution < -0.4 is 5.32 Å². The lowest BCUT2D eigenvalue weighted by Crippen LogP contribution is -1.94. The van der Waals surface area contributed by atoms with E-state index >= 15 is 0 Å². The van der Waals surface area contributed by atoms with Gasteiger partial charge in [0, 0.05) is 23.6 Å². The summed E-state index contributed by atoms with van der Waals surface area (Å²) in [4.78, 5) is 9.67. The van der Waals surface area contributed by atoms with E-state index in [-0.39, 0.29) is 0 Å². The number of rotatable bonds is 4. The Kier molecular flexibility index (Phi) is 3.98. The van der Waals surface area contributed by atoms with Gasteiger partial charge in [-0.05, 0) is 17.9 Å². The van der Waals surface area contributed by atoms with Crippen LogP contribution in [-0.2, 0) is 0 Å². The van der Waals surface area contributed by atoms with Gasteiger partial charge >= 0.3 is 0 Å². The van der Waals surface area contributed by atoms with Crippen LogP contribution in [0.5, 0.6) is 0 Å². The minimum atomic E-state index is 0.835. The van der Waals surface area contributed by atoms with Crippen LogP contribution in [0.15, 0.2) is 41.6 Å². The Bertz CT molecular complexity index is 482. The smallest absolute Gasteiger partial charge is 0.129 e. The number of hydrogen-bond acceptors (Lipinski definition) is 4. The summed E-state index contributed by atoms with van der Waals surface area (Å²) in [7, 11) is 1.85. The molecular formula is C13H15N3S. The lowest BCUT2D eigenvalue weighted by molar-refractivity contribution is 1.16. The molecule has 0 spiro atoms. The molecule has 3 nitrogen and oxygen atoms in total. The Labute approximate surface area is 106 Å². The predicted octanol–water partition coefficient (Wildman–Crippen LogP) is 3.30. The van der Waals surface area contributed by atoms with Crippen LogP contribution in [0.2, 0.25) is 0 Å². The molecule has 0 aliphatic carbocycles. The quantitative estimate of drug-likeness (QED) is 0.839. The maximum absolute atomic E-state index is 4.28. The van der Waals surface area contributed by atoms with E-state index in [1.54, 1.807) is 6.33 Å². The molecule has 0 amide bonds. The summed E-state index contributed by atoms with van der Waals surface area (Å²) in [5.74, 6) is 1.93. The molecule has 0 bridgehead atoms. The maximum Gasteiger partial charge on any atom is 0.129 e. The lowest BCUT2D eigenvalue weighted by Gasteiger charge is -2.04. The van der Waals surface area contributed by atoms with E-state index in [2.05, 4.69) is 46.5 Å². The van der Waals surface area contributed by atoms with E-state index in [9.17, 15) is 0 Å². The monoisotopic (exact) mass is 245 g/mol. The minimum absolute atomic E-state index is 0.835. The van der Waals surface area contributed by atoms with Crippen LogP contribution >= 0.6 is 11.8 Å². The molecule has 0 aliphatic rings. The number of benzene rings is 1. The molecule has 1 aromatic carbocycles. The summed E-state index contributed by atoms with van der Waals surface area (Å²) in [6, 6.07) is 10.4. The van der Waals surface area contributed by atoms with Gasteiger partial charge in [0.25, 0.3) is 0 Å². The van der Waals surface area contributed by atoms with Gasteiger partial charge in [0.15, 0.2) is 0 Å². The summed E-state index contributed by atoms with van der Waals surface area (Å²) >= 11 is 1.84. The second-order valence-electron chi connectivity index (χ2n) is 3.50. The number of hydrogen-bond donors (Lipinski definition) is 1. The molecule has 0 radical (unpaired) electrons. The van der Waals surface area contributed by atoms with Crippen LogP contribution in [0.1, 0.15) is 6.92 Å². The first-order valence-corrected chi connectivity index (χ1v) is 6.55. The highest BCUT2D eigenvalue weighted by Crippen LogP contribution is 2.23. The molecule has 1 aromatic heterocycles. The molecular weight excluding hydrogens is 230 g/mol. The molecule has 4 heteroatoms. The standard InChI is InChI=1S/C13H15N3S/c1-3-17-11-6-4-10(5-7-11)12-8-13(14-2)16-9-15-12/h4-9H,3H2,1-2H3,(H,14,15,16). The van der Waals surface area contributed by atoms with Crippen LogP contribution in [0.4, 0.5) is 5.82 Å². The number of nitrogens with zero attached hydrogens (tertiary/aromatic N) is 2. The SMILES string of the molecule is CCSc1ccc(-c2cc(NC)ncn2)cc1. The molecule has 88 valence electrons. The third-order valence-electron chi connectivity index (χ3n) is 2.38. The Morgan fingerprint density at radius 2 is 1.94 bits per heavy atom. The van der Waals surface area contributed by atoms with Gasteiger partial charge in [0.2, 0.25) is 0 Å². The molecule has 0 atom stereocenters. The molecule has 1 N–H and O–H groups in total. The highest BCUT2D eigenvalue weighted by Gasteiger charge is 2.01. The average molecular weight is 245 g/mol. The van der Waals surface area contributed by atoms with Gasteiger partial charge < -0.3 is 5.32 Å². The molecule has 0 fully saturated rings. The van der Waals surface area contributed by atoms with E-state index in [4.69, 9.17) is 0 Å². The Hall–Kier alpha value is -1.55. The fourth-order valence-corrected chi connectivity index (χ4v) is 2.20. The zero-order chi connectivity index (χ0) is 12.1. The van der Waals surface area contributed by atoms with E-state index in [0.29, 0.717) is 0 Å². The van der Waals surface area contributed by atoms with E-state index in [1.165, 1.54) is 4.90 Å². The van der Waals surface area contributed by atoms with Crippen molar-refractivity contribution in [3.05, 3.63) is 36.7 Å². The number of anilines is 1. The summed E-state index contributed by atoms with van der Waals surface area (Å²) in [6.07, 6.45) is 1.58. The first-order valence-electron chi connectivity index (χ1n) is 5.56. The van der Waals surface area contributed by atoms with Gasteiger partial charge in [-0.1, -0.05) is 19.1 Å². The fraction of sp³-hybridized carbons (Fsp3) is 0.231. The largest absolute Gasteiger partial charge is 0.373 e. The van der Waals surface area contributed by atoms with Crippen molar-refractivity contribution in [3.63, 3.8) is 0 Å². The van der Waals surface area contributed by atoms with E-state index in [1.807, 2.05) is 24.9 Å². The molecule has 0 aliphatic heterocycles. The second kappa shape index (κ2) is 5.68. The van der Waals surface area contributed by atoms with Gasteiger partial charge in [-0.25, -0.2) is 9.97 Å². The number of thioether (sulfide) groups is 1. The van der Waals surface area contributed by atoms with Crippen LogP contribution in [0.25, 0.3) is 11.3 Å². The molecule has 17 heavy (non-hydrogen) atoms. The predicted molar refractivity (Wildman–Crippen MR) is 73.4 cm³/mol. The maximum atomic E-state index is 4.28. The average Bonchev–Trinajstić information content (AvgIpc) is 2.40. The van der Waals surface area contributed by atoms with Gasteiger partial charge in [-0.3, -0.25) is 0 Å². The molecule has 0 saturated heterocycles. The highest BCUT2D eigenvalue weighted by atomic mass is 32.2. The van der Waals surface area contributed by atoms with Crippen molar-refractivity contribution < 1.29 is 0 Å². The zero-order valence-corrected chi connectivity index (χ0v) is 10.8. The van der Waals surface area contributed by atoms with Crippen molar-refractivity contribution in [2.45, 2.75) is 11.8 Å². The zero-order valence-electron chi connectivity index (χ0n) is 9.97. The van der Waals surface area contributed by atoms with Gasteiger partial charge in [0.05, 0.1) is 5.69 Å². The van der Waals surface area contributed by atoms with Crippen molar-refractivity contribution in [2.75, 3.05) is 18.1 Å². The molecule has 0 unspecified atom stereocenters. The van der Waals surface area contributed by atoms with E-state index in [0.717, 1.165) is 22.8 Å². The fourth-order valence-electron chi connectivity index (χ4n) is 1.54. The molecule has 2 aromatic rings. The molecule has 1 heterocycles. The minimum Gasteiger partial charge on any atom is -0.373 e. The Morgan fingerprint density at radius 1 is 1.18 bits per heavy atom. The van der Waals surface area contributed by atoms with Crippen LogP contribution in [0, 0.1) is 0 Å². The number of aromatic nitrogens is 2. The summed E-state index contributed by atoms with van der Waals surface area (Å²) in [5.41, 5.74) is 2.06. The van der Waals surface area contributed by atoms with Crippen LogP contribution in [0.3, 0.4) is 0 Å². The highest BCUT2D eigenvalue weighted by molar-refractivity contribution is 7.99. The van der Waals surface area contributed by atoms with Crippen molar-refractivity contribution in [1.82, 2.24) is 9.97 Å². The van der Waals surface area contributed by atoms with Gasteiger partial charge in [-0.15, -0.1) is 11.8 Å². The summed E-state index contributed by atoms with van der Waals surface area (Å²) in [6.45, 7) is 2.15. The second-order valence-corrected chi connectivity index (χ2v) is 4.83. The third-order valence-corrected chi connectivity index (χ3v) is 3.28.